The summed E-state index contributed by atoms with van der Waals surface area (Å²) in [5.41, 5.74) is 3.66. The summed E-state index contributed by atoms with van der Waals surface area (Å²) in [6.45, 7) is 5.72. The minimum absolute atomic E-state index is 0.0847. The van der Waals surface area contributed by atoms with Crippen LogP contribution in [-0.2, 0) is 19.1 Å². The second-order valence-corrected chi connectivity index (χ2v) is 8.41. The normalized spacial score (nSPS) is 17.0. The van der Waals surface area contributed by atoms with Gasteiger partial charge in [0.2, 0.25) is 5.91 Å². The minimum Gasteiger partial charge on any atom is -0.455 e. The Hall–Kier alpha value is -2.67. The molecule has 2 amide bonds. The van der Waals surface area contributed by atoms with Gasteiger partial charge in [0, 0.05) is 23.1 Å². The number of rotatable bonds is 6. The van der Waals surface area contributed by atoms with Crippen LogP contribution in [0.25, 0.3) is 0 Å². The molecule has 0 saturated carbocycles. The number of amides is 2. The highest BCUT2D eigenvalue weighted by Gasteiger charge is 2.38. The number of esters is 1. The Balaban J connectivity index is 1.53. The van der Waals surface area contributed by atoms with E-state index in [4.69, 9.17) is 4.74 Å². The van der Waals surface area contributed by atoms with Crippen LogP contribution in [0.2, 0.25) is 0 Å². The molecule has 0 radical (unpaired) electrons. The Bertz CT molecular complexity index is 938. The third-order valence-electron chi connectivity index (χ3n) is 5.31. The summed E-state index contributed by atoms with van der Waals surface area (Å²) in [7, 11) is 0. The standard InChI is InChI=1S/C23H25BrN2O4/c1-14-9-19(10-15(2)22(14)24)25-20(27)13-30-23(29)18-11-21(28)26(12-18)16(3)17-7-5-4-6-8-17/h4-10,16,18H,11-13H2,1-3H3,(H,25,27)/t16-,18+/m1/s1. The van der Waals surface area contributed by atoms with Crippen molar-refractivity contribution in [2.75, 3.05) is 18.5 Å². The fourth-order valence-corrected chi connectivity index (χ4v) is 3.87. The predicted molar refractivity (Wildman–Crippen MR) is 118 cm³/mol. The average molecular weight is 473 g/mol. The molecule has 3 rings (SSSR count). The highest BCUT2D eigenvalue weighted by molar-refractivity contribution is 9.10. The number of halogens is 1. The Morgan fingerprint density at radius 3 is 2.47 bits per heavy atom. The summed E-state index contributed by atoms with van der Waals surface area (Å²) in [6, 6.07) is 13.2. The largest absolute Gasteiger partial charge is 0.455 e. The van der Waals surface area contributed by atoms with Crippen molar-refractivity contribution >= 4 is 39.4 Å². The van der Waals surface area contributed by atoms with E-state index in [1.807, 2.05) is 63.2 Å². The molecule has 1 fully saturated rings. The number of benzene rings is 2. The van der Waals surface area contributed by atoms with E-state index in [1.54, 1.807) is 4.90 Å². The third-order valence-corrected chi connectivity index (χ3v) is 6.56. The molecule has 1 aliphatic heterocycles. The highest BCUT2D eigenvalue weighted by atomic mass is 79.9. The second kappa shape index (κ2) is 9.43. The maximum Gasteiger partial charge on any atom is 0.311 e. The van der Waals surface area contributed by atoms with Crippen LogP contribution in [-0.4, -0.2) is 35.8 Å². The maximum absolute atomic E-state index is 12.4. The number of ether oxygens (including phenoxy) is 1. The van der Waals surface area contributed by atoms with Crippen LogP contribution in [0.5, 0.6) is 0 Å². The Kier molecular flexibility index (Phi) is 6.92. The zero-order valence-electron chi connectivity index (χ0n) is 17.3. The van der Waals surface area contributed by atoms with Crippen LogP contribution in [0.3, 0.4) is 0 Å². The topological polar surface area (TPSA) is 75.7 Å². The number of anilines is 1. The summed E-state index contributed by atoms with van der Waals surface area (Å²) in [5.74, 6) is -1.58. The Morgan fingerprint density at radius 1 is 1.20 bits per heavy atom. The molecule has 0 aromatic heterocycles. The summed E-state index contributed by atoms with van der Waals surface area (Å²) in [4.78, 5) is 38.7. The molecule has 30 heavy (non-hydrogen) atoms. The van der Waals surface area contributed by atoms with Crippen molar-refractivity contribution < 1.29 is 19.1 Å². The van der Waals surface area contributed by atoms with E-state index in [9.17, 15) is 14.4 Å². The number of aryl methyl sites for hydroxylation is 2. The van der Waals surface area contributed by atoms with Gasteiger partial charge in [-0.2, -0.15) is 0 Å². The SMILES string of the molecule is Cc1cc(NC(=O)COC(=O)[C@H]2CC(=O)N([C@H](C)c3ccccc3)C2)cc(C)c1Br. The lowest BCUT2D eigenvalue weighted by atomic mass is 10.1. The van der Waals surface area contributed by atoms with Gasteiger partial charge in [0.15, 0.2) is 6.61 Å². The molecule has 1 heterocycles. The van der Waals surface area contributed by atoms with E-state index in [0.29, 0.717) is 12.2 Å². The van der Waals surface area contributed by atoms with E-state index >= 15 is 0 Å². The molecule has 0 unspecified atom stereocenters. The van der Waals surface area contributed by atoms with Crippen molar-refractivity contribution in [1.29, 1.82) is 0 Å². The molecule has 1 saturated heterocycles. The van der Waals surface area contributed by atoms with Crippen molar-refractivity contribution in [2.45, 2.75) is 33.2 Å². The van der Waals surface area contributed by atoms with Gasteiger partial charge in [-0.15, -0.1) is 0 Å². The lowest BCUT2D eigenvalue weighted by Crippen LogP contribution is -2.30. The summed E-state index contributed by atoms with van der Waals surface area (Å²) < 4.78 is 6.18. The van der Waals surface area contributed by atoms with E-state index in [2.05, 4.69) is 21.2 Å². The van der Waals surface area contributed by atoms with Crippen LogP contribution >= 0.6 is 15.9 Å². The fourth-order valence-electron chi connectivity index (χ4n) is 3.64. The Morgan fingerprint density at radius 2 is 1.83 bits per heavy atom. The molecule has 2 aromatic rings. The van der Waals surface area contributed by atoms with Gasteiger partial charge < -0.3 is 15.0 Å². The molecule has 1 aliphatic rings. The highest BCUT2D eigenvalue weighted by Crippen LogP contribution is 2.29. The van der Waals surface area contributed by atoms with Crippen molar-refractivity contribution in [2.24, 2.45) is 5.92 Å². The maximum atomic E-state index is 12.4. The number of carbonyl (C=O) groups is 3. The van der Waals surface area contributed by atoms with E-state index in [0.717, 1.165) is 21.2 Å². The van der Waals surface area contributed by atoms with Gasteiger partial charge in [0.05, 0.1) is 12.0 Å². The van der Waals surface area contributed by atoms with Gasteiger partial charge in [-0.1, -0.05) is 46.3 Å². The van der Waals surface area contributed by atoms with Gasteiger partial charge >= 0.3 is 5.97 Å². The number of hydrogen-bond donors (Lipinski definition) is 1. The van der Waals surface area contributed by atoms with Crippen molar-refractivity contribution in [1.82, 2.24) is 4.90 Å². The molecule has 7 heteroatoms. The average Bonchev–Trinajstić information content (AvgIpc) is 3.12. The molecule has 0 aliphatic carbocycles. The quantitative estimate of drug-likeness (QED) is 0.640. The third kappa shape index (κ3) is 5.08. The first-order chi connectivity index (χ1) is 14.3. The summed E-state index contributed by atoms with van der Waals surface area (Å²) >= 11 is 3.49. The molecule has 6 nitrogen and oxygen atoms in total. The van der Waals surface area contributed by atoms with Crippen LogP contribution in [0.4, 0.5) is 5.69 Å². The first-order valence-corrected chi connectivity index (χ1v) is 10.6. The molecule has 2 atom stereocenters. The molecule has 158 valence electrons. The van der Waals surface area contributed by atoms with Crippen molar-refractivity contribution in [3.8, 4) is 0 Å². The molecular weight excluding hydrogens is 448 g/mol. The zero-order chi connectivity index (χ0) is 21.8. The summed E-state index contributed by atoms with van der Waals surface area (Å²) in [6.07, 6.45) is 0.0999. The van der Waals surface area contributed by atoms with E-state index < -0.39 is 17.8 Å². The molecule has 0 spiro atoms. The number of nitrogens with one attached hydrogen (secondary N) is 1. The number of carbonyl (C=O) groups excluding carboxylic acids is 3. The molecule has 1 N–H and O–H groups in total. The lowest BCUT2D eigenvalue weighted by molar-refractivity contribution is -0.151. The monoisotopic (exact) mass is 472 g/mol. The van der Waals surface area contributed by atoms with Gasteiger partial charge in [0.25, 0.3) is 5.91 Å². The van der Waals surface area contributed by atoms with Crippen LogP contribution in [0, 0.1) is 19.8 Å². The minimum atomic E-state index is -0.561. The number of likely N-dealkylation sites (tertiary alicyclic amines) is 1. The Labute approximate surface area is 184 Å². The smallest absolute Gasteiger partial charge is 0.311 e. The van der Waals surface area contributed by atoms with Crippen LogP contribution in [0.1, 0.15) is 36.1 Å². The van der Waals surface area contributed by atoms with Gasteiger partial charge in [-0.25, -0.2) is 0 Å². The first kappa shape index (κ1) is 22.0. The fraction of sp³-hybridized carbons (Fsp3) is 0.348. The predicted octanol–water partition coefficient (Wildman–Crippen LogP) is 4.16. The first-order valence-electron chi connectivity index (χ1n) is 9.84. The van der Waals surface area contributed by atoms with E-state index in [1.165, 1.54) is 0 Å². The second-order valence-electron chi connectivity index (χ2n) is 7.61. The van der Waals surface area contributed by atoms with Crippen LogP contribution in [0.15, 0.2) is 46.9 Å². The molecule has 0 bridgehead atoms. The van der Waals surface area contributed by atoms with Crippen molar-refractivity contribution in [3.63, 3.8) is 0 Å². The number of hydrogen-bond acceptors (Lipinski definition) is 4. The van der Waals surface area contributed by atoms with Crippen LogP contribution < -0.4 is 5.32 Å². The number of nitrogens with zero attached hydrogens (tertiary/aromatic N) is 1. The van der Waals surface area contributed by atoms with Gasteiger partial charge in [0.1, 0.15) is 0 Å². The molecular formula is C23H25BrN2O4. The van der Waals surface area contributed by atoms with E-state index in [-0.39, 0.29) is 25.0 Å². The van der Waals surface area contributed by atoms with Gasteiger partial charge in [-0.3, -0.25) is 14.4 Å². The van der Waals surface area contributed by atoms with Gasteiger partial charge in [-0.05, 0) is 49.6 Å². The summed E-state index contributed by atoms with van der Waals surface area (Å²) in [5, 5.41) is 2.74. The lowest BCUT2D eigenvalue weighted by Gasteiger charge is -2.25. The molecule has 2 aromatic carbocycles. The van der Waals surface area contributed by atoms with Crippen molar-refractivity contribution in [3.05, 3.63) is 63.6 Å². The zero-order valence-corrected chi connectivity index (χ0v) is 18.9.